The van der Waals surface area contributed by atoms with E-state index in [-0.39, 0.29) is 5.75 Å². The van der Waals surface area contributed by atoms with Crippen LogP contribution in [-0.2, 0) is 10.1 Å². The Kier molecular flexibility index (Phi) is 3.43. The molecule has 0 atom stereocenters. The molecular formula is C9H10O5S. The minimum absolute atomic E-state index is 0.131. The minimum atomic E-state index is -3.55. The fraction of sp³-hybridized carbons (Fsp3) is 0.222. The standard InChI is InChI=1S/C9H10O5S/c1-15(12,13)14-8-4-2-7(3-5-8)9(11)6-10/h2-5,10H,6H2,1H3. The molecule has 0 saturated heterocycles. The molecule has 15 heavy (non-hydrogen) atoms. The van der Waals surface area contributed by atoms with Crippen LogP contribution in [0, 0.1) is 0 Å². The molecule has 6 heteroatoms. The van der Waals surface area contributed by atoms with Crippen LogP contribution in [0.2, 0.25) is 0 Å². The van der Waals surface area contributed by atoms with Crippen LogP contribution in [0.3, 0.4) is 0 Å². The summed E-state index contributed by atoms with van der Waals surface area (Å²) in [5.74, 6) is -0.298. The van der Waals surface area contributed by atoms with Crippen molar-refractivity contribution in [3.8, 4) is 5.75 Å². The molecule has 82 valence electrons. The molecule has 0 spiro atoms. The zero-order valence-electron chi connectivity index (χ0n) is 8.00. The molecule has 0 aliphatic carbocycles. The molecule has 0 saturated carbocycles. The van der Waals surface area contributed by atoms with Gasteiger partial charge in [-0.25, -0.2) is 0 Å². The van der Waals surface area contributed by atoms with E-state index in [1.807, 2.05) is 0 Å². The summed E-state index contributed by atoms with van der Waals surface area (Å²) in [6.07, 6.45) is 0.930. The summed E-state index contributed by atoms with van der Waals surface area (Å²) in [6.45, 7) is -0.577. The number of aliphatic hydroxyl groups excluding tert-OH is 1. The van der Waals surface area contributed by atoms with Gasteiger partial charge in [-0.05, 0) is 24.3 Å². The normalized spacial score (nSPS) is 11.1. The van der Waals surface area contributed by atoms with Gasteiger partial charge in [-0.15, -0.1) is 0 Å². The smallest absolute Gasteiger partial charge is 0.306 e. The largest absolute Gasteiger partial charge is 0.388 e. The molecule has 1 aromatic rings. The van der Waals surface area contributed by atoms with Gasteiger partial charge in [0.1, 0.15) is 12.4 Å². The average Bonchev–Trinajstić information content (AvgIpc) is 2.15. The molecule has 1 aromatic carbocycles. The number of rotatable bonds is 4. The van der Waals surface area contributed by atoms with E-state index in [1.165, 1.54) is 24.3 Å². The highest BCUT2D eigenvalue weighted by molar-refractivity contribution is 7.86. The highest BCUT2D eigenvalue weighted by Gasteiger charge is 2.06. The third-order valence-electron chi connectivity index (χ3n) is 1.57. The monoisotopic (exact) mass is 230 g/mol. The lowest BCUT2D eigenvalue weighted by Crippen LogP contribution is -2.07. The van der Waals surface area contributed by atoms with Crippen molar-refractivity contribution in [1.82, 2.24) is 0 Å². The Morgan fingerprint density at radius 1 is 1.33 bits per heavy atom. The quantitative estimate of drug-likeness (QED) is 0.590. The lowest BCUT2D eigenvalue weighted by atomic mass is 10.1. The maximum absolute atomic E-state index is 11.0. The molecule has 0 aliphatic heterocycles. The van der Waals surface area contributed by atoms with E-state index in [4.69, 9.17) is 5.11 Å². The average molecular weight is 230 g/mol. The highest BCUT2D eigenvalue weighted by Crippen LogP contribution is 2.14. The predicted molar refractivity (Wildman–Crippen MR) is 53.3 cm³/mol. The molecular weight excluding hydrogens is 220 g/mol. The van der Waals surface area contributed by atoms with Crippen molar-refractivity contribution >= 4 is 15.9 Å². The summed E-state index contributed by atoms with van der Waals surface area (Å²) in [5.41, 5.74) is 0.304. The fourth-order valence-corrected chi connectivity index (χ4v) is 1.42. The minimum Gasteiger partial charge on any atom is -0.388 e. The third-order valence-corrected chi connectivity index (χ3v) is 2.06. The lowest BCUT2D eigenvalue weighted by molar-refractivity contribution is 0.0904. The highest BCUT2D eigenvalue weighted by atomic mass is 32.2. The Hall–Kier alpha value is -1.40. The number of Topliss-reactive ketones (excluding diaryl/α,β-unsaturated/α-hetero) is 1. The number of hydrogen-bond acceptors (Lipinski definition) is 5. The van der Waals surface area contributed by atoms with Crippen molar-refractivity contribution in [2.75, 3.05) is 12.9 Å². The van der Waals surface area contributed by atoms with Crippen LogP contribution in [0.5, 0.6) is 5.75 Å². The Bertz CT molecular complexity index is 446. The van der Waals surface area contributed by atoms with Crippen molar-refractivity contribution in [2.45, 2.75) is 0 Å². The number of carbonyl (C=O) groups excluding carboxylic acids is 1. The predicted octanol–water partition coefficient (Wildman–Crippen LogP) is 0.200. The molecule has 0 unspecified atom stereocenters. The van der Waals surface area contributed by atoms with E-state index < -0.39 is 22.5 Å². The number of benzene rings is 1. The first kappa shape index (κ1) is 11.7. The van der Waals surface area contributed by atoms with Crippen molar-refractivity contribution < 1.29 is 22.5 Å². The van der Waals surface area contributed by atoms with E-state index in [0.29, 0.717) is 5.56 Å². The van der Waals surface area contributed by atoms with Gasteiger partial charge in [0.05, 0.1) is 6.26 Å². The van der Waals surface area contributed by atoms with Crippen LogP contribution in [0.4, 0.5) is 0 Å². The van der Waals surface area contributed by atoms with E-state index in [1.54, 1.807) is 0 Å². The molecule has 1 N–H and O–H groups in total. The summed E-state index contributed by atoms with van der Waals surface area (Å²) in [4.78, 5) is 11.0. The second kappa shape index (κ2) is 4.41. The van der Waals surface area contributed by atoms with Crippen LogP contribution in [0.1, 0.15) is 10.4 Å². The molecule has 0 amide bonds. The molecule has 0 bridgehead atoms. The second-order valence-electron chi connectivity index (χ2n) is 2.89. The third kappa shape index (κ3) is 3.69. The number of carbonyl (C=O) groups is 1. The summed E-state index contributed by atoms with van der Waals surface area (Å²) in [5, 5.41) is 8.57. The zero-order valence-corrected chi connectivity index (χ0v) is 8.82. The van der Waals surface area contributed by atoms with Crippen LogP contribution in [-0.4, -0.2) is 32.2 Å². The number of ketones is 1. The number of aliphatic hydroxyl groups is 1. The Balaban J connectivity index is 2.86. The number of hydrogen-bond donors (Lipinski definition) is 1. The molecule has 0 radical (unpaired) electrons. The van der Waals surface area contributed by atoms with E-state index in [2.05, 4.69) is 4.18 Å². The van der Waals surface area contributed by atoms with Gasteiger partial charge in [-0.2, -0.15) is 8.42 Å². The van der Waals surface area contributed by atoms with Crippen LogP contribution >= 0.6 is 0 Å². The van der Waals surface area contributed by atoms with Crippen molar-refractivity contribution in [1.29, 1.82) is 0 Å². The maximum atomic E-state index is 11.0. The first-order chi connectivity index (χ1) is 6.92. The summed E-state index contributed by atoms with van der Waals surface area (Å²) in [6, 6.07) is 5.48. The maximum Gasteiger partial charge on any atom is 0.306 e. The Morgan fingerprint density at radius 2 is 1.87 bits per heavy atom. The molecule has 0 aliphatic rings. The van der Waals surface area contributed by atoms with Gasteiger partial charge in [0, 0.05) is 5.56 Å². The van der Waals surface area contributed by atoms with Gasteiger partial charge in [-0.3, -0.25) is 4.79 Å². The van der Waals surface area contributed by atoms with Gasteiger partial charge < -0.3 is 9.29 Å². The summed E-state index contributed by atoms with van der Waals surface area (Å²) < 4.78 is 26.1. The van der Waals surface area contributed by atoms with Crippen molar-refractivity contribution in [3.63, 3.8) is 0 Å². The van der Waals surface area contributed by atoms with Crippen LogP contribution < -0.4 is 4.18 Å². The van der Waals surface area contributed by atoms with Crippen molar-refractivity contribution in [3.05, 3.63) is 29.8 Å². The summed E-state index contributed by atoms with van der Waals surface area (Å²) >= 11 is 0. The lowest BCUT2D eigenvalue weighted by Gasteiger charge is -2.03. The van der Waals surface area contributed by atoms with Gasteiger partial charge in [0.15, 0.2) is 5.78 Å². The van der Waals surface area contributed by atoms with Gasteiger partial charge in [0.2, 0.25) is 0 Å². The first-order valence-electron chi connectivity index (χ1n) is 4.06. The molecule has 5 nitrogen and oxygen atoms in total. The van der Waals surface area contributed by atoms with Crippen LogP contribution in [0.25, 0.3) is 0 Å². The van der Waals surface area contributed by atoms with Gasteiger partial charge in [0.25, 0.3) is 0 Å². The SMILES string of the molecule is CS(=O)(=O)Oc1ccc(C(=O)CO)cc1. The second-order valence-corrected chi connectivity index (χ2v) is 4.47. The Labute approximate surface area is 87.4 Å². The van der Waals surface area contributed by atoms with Crippen molar-refractivity contribution in [2.24, 2.45) is 0 Å². The van der Waals surface area contributed by atoms with E-state index in [0.717, 1.165) is 6.26 Å². The van der Waals surface area contributed by atoms with E-state index >= 15 is 0 Å². The van der Waals surface area contributed by atoms with Gasteiger partial charge in [-0.1, -0.05) is 0 Å². The topological polar surface area (TPSA) is 80.7 Å². The molecule has 1 rings (SSSR count). The fourth-order valence-electron chi connectivity index (χ4n) is 0.962. The summed E-state index contributed by atoms with van der Waals surface area (Å²) in [7, 11) is -3.55. The van der Waals surface area contributed by atoms with Crippen LogP contribution in [0.15, 0.2) is 24.3 Å². The molecule has 0 aromatic heterocycles. The van der Waals surface area contributed by atoms with Gasteiger partial charge >= 0.3 is 10.1 Å². The first-order valence-corrected chi connectivity index (χ1v) is 5.87. The van der Waals surface area contributed by atoms with E-state index in [9.17, 15) is 13.2 Å². The Morgan fingerprint density at radius 3 is 2.27 bits per heavy atom. The zero-order chi connectivity index (χ0) is 11.5. The molecule has 0 heterocycles. The molecule has 0 fully saturated rings.